The van der Waals surface area contributed by atoms with Gasteiger partial charge in [-0.05, 0) is 23.8 Å². The molecule has 1 unspecified atom stereocenters. The minimum Gasteiger partial charge on any atom is -0.496 e. The van der Waals surface area contributed by atoms with Gasteiger partial charge in [0, 0.05) is 43.3 Å². The second-order valence-electron chi connectivity index (χ2n) is 6.47. The van der Waals surface area contributed by atoms with E-state index in [1.807, 2.05) is 24.4 Å². The van der Waals surface area contributed by atoms with Crippen LogP contribution in [-0.4, -0.2) is 36.6 Å². The summed E-state index contributed by atoms with van der Waals surface area (Å²) in [6.07, 6.45) is 2.00. The minimum absolute atomic E-state index is 0.302. The molecule has 4 heteroatoms. The predicted molar refractivity (Wildman–Crippen MR) is 101 cm³/mol. The summed E-state index contributed by atoms with van der Waals surface area (Å²) in [5.74, 6) is 0.956. The van der Waals surface area contributed by atoms with Crippen molar-refractivity contribution < 1.29 is 4.74 Å². The van der Waals surface area contributed by atoms with Gasteiger partial charge in [-0.15, -0.1) is 0 Å². The van der Waals surface area contributed by atoms with E-state index in [0.717, 1.165) is 37.4 Å². The first kappa shape index (κ1) is 16.1. The molecule has 3 aromatic rings. The van der Waals surface area contributed by atoms with Gasteiger partial charge in [0.15, 0.2) is 0 Å². The summed E-state index contributed by atoms with van der Waals surface area (Å²) >= 11 is 0. The summed E-state index contributed by atoms with van der Waals surface area (Å²) in [7, 11) is 1.74. The van der Waals surface area contributed by atoms with Crippen LogP contribution >= 0.6 is 0 Å². The number of benzene rings is 2. The zero-order valence-electron chi connectivity index (χ0n) is 14.5. The molecule has 2 aromatic carbocycles. The molecule has 0 radical (unpaired) electrons. The normalized spacial score (nSPS) is 18.4. The number of nitrogens with one attached hydrogen (secondary N) is 1. The van der Waals surface area contributed by atoms with Crippen LogP contribution in [0.25, 0.3) is 10.9 Å². The number of ether oxygens (including phenoxy) is 1. The standard InChI is InChI=1S/C21H23N3O/c1-25-21-9-5-3-7-18(21)20-14-22-10-11-24(20)15-16-12-17-6-2-4-8-19(17)23-13-16/h2-9,12-13,20,22H,10-11,14-15H2,1H3. The van der Waals surface area contributed by atoms with Crippen LogP contribution < -0.4 is 10.1 Å². The third kappa shape index (κ3) is 3.36. The molecule has 0 spiro atoms. The molecule has 4 nitrogen and oxygen atoms in total. The topological polar surface area (TPSA) is 37.4 Å². The Hall–Kier alpha value is -2.43. The van der Waals surface area contributed by atoms with Crippen LogP contribution in [0.4, 0.5) is 0 Å². The van der Waals surface area contributed by atoms with Crippen LogP contribution in [0.15, 0.2) is 60.8 Å². The number of nitrogens with zero attached hydrogens (tertiary/aromatic N) is 2. The fraction of sp³-hybridized carbons (Fsp3) is 0.286. The molecule has 0 aliphatic carbocycles. The monoisotopic (exact) mass is 333 g/mol. The molecule has 1 aromatic heterocycles. The third-order valence-electron chi connectivity index (χ3n) is 4.88. The van der Waals surface area contributed by atoms with Gasteiger partial charge >= 0.3 is 0 Å². The van der Waals surface area contributed by atoms with Gasteiger partial charge in [0.05, 0.1) is 18.7 Å². The number of piperazine rings is 1. The van der Waals surface area contributed by atoms with Gasteiger partial charge < -0.3 is 10.1 Å². The van der Waals surface area contributed by atoms with Gasteiger partial charge in [0.2, 0.25) is 0 Å². The molecule has 1 aliphatic rings. The van der Waals surface area contributed by atoms with E-state index in [1.54, 1.807) is 7.11 Å². The second-order valence-corrected chi connectivity index (χ2v) is 6.47. The molecule has 1 atom stereocenters. The van der Waals surface area contributed by atoms with E-state index in [-0.39, 0.29) is 0 Å². The molecule has 4 rings (SSSR count). The highest BCUT2D eigenvalue weighted by molar-refractivity contribution is 5.78. The van der Waals surface area contributed by atoms with Crippen molar-refractivity contribution in [1.29, 1.82) is 0 Å². The number of hydrogen-bond donors (Lipinski definition) is 1. The first-order valence-corrected chi connectivity index (χ1v) is 8.76. The average Bonchev–Trinajstić information content (AvgIpc) is 2.68. The summed E-state index contributed by atoms with van der Waals surface area (Å²) in [6.45, 7) is 3.84. The minimum atomic E-state index is 0.302. The first-order chi connectivity index (χ1) is 12.3. The Balaban J connectivity index is 1.62. The molecule has 2 heterocycles. The summed E-state index contributed by atoms with van der Waals surface area (Å²) < 4.78 is 5.59. The van der Waals surface area contributed by atoms with Gasteiger partial charge in [-0.3, -0.25) is 9.88 Å². The number of fused-ring (bicyclic) bond motifs is 1. The Morgan fingerprint density at radius 1 is 1.16 bits per heavy atom. The SMILES string of the molecule is COc1ccccc1C1CNCCN1Cc1cnc2ccccc2c1. The van der Waals surface area contributed by atoms with Crippen molar-refractivity contribution in [3.8, 4) is 5.75 Å². The first-order valence-electron chi connectivity index (χ1n) is 8.76. The van der Waals surface area contributed by atoms with Gasteiger partial charge in [-0.25, -0.2) is 0 Å². The van der Waals surface area contributed by atoms with Gasteiger partial charge in [0.25, 0.3) is 0 Å². The van der Waals surface area contributed by atoms with Crippen LogP contribution in [0.1, 0.15) is 17.2 Å². The van der Waals surface area contributed by atoms with E-state index in [0.29, 0.717) is 6.04 Å². The quantitative estimate of drug-likeness (QED) is 0.794. The van der Waals surface area contributed by atoms with E-state index in [1.165, 1.54) is 16.5 Å². The van der Waals surface area contributed by atoms with Crippen molar-refractivity contribution in [3.63, 3.8) is 0 Å². The van der Waals surface area contributed by atoms with Crippen molar-refractivity contribution in [1.82, 2.24) is 15.2 Å². The molecule has 0 bridgehead atoms. The second kappa shape index (κ2) is 7.21. The van der Waals surface area contributed by atoms with Crippen molar-refractivity contribution >= 4 is 10.9 Å². The van der Waals surface area contributed by atoms with Gasteiger partial charge in [0.1, 0.15) is 5.75 Å². The Morgan fingerprint density at radius 3 is 2.92 bits per heavy atom. The Kier molecular flexibility index (Phi) is 4.63. The fourth-order valence-electron chi connectivity index (χ4n) is 3.62. The maximum absolute atomic E-state index is 5.59. The molecule has 1 N–H and O–H groups in total. The lowest BCUT2D eigenvalue weighted by Gasteiger charge is -2.37. The third-order valence-corrected chi connectivity index (χ3v) is 4.88. The summed E-state index contributed by atoms with van der Waals surface area (Å²) in [5.41, 5.74) is 3.54. The smallest absolute Gasteiger partial charge is 0.123 e. The lowest BCUT2D eigenvalue weighted by Crippen LogP contribution is -2.45. The van der Waals surface area contributed by atoms with Crippen molar-refractivity contribution in [3.05, 3.63) is 71.9 Å². The number of aromatic nitrogens is 1. The summed E-state index contributed by atoms with van der Waals surface area (Å²) in [5, 5.41) is 4.72. The molecular weight excluding hydrogens is 310 g/mol. The Bertz CT molecular complexity index is 864. The molecule has 0 amide bonds. The summed E-state index contributed by atoms with van der Waals surface area (Å²) in [6, 6.07) is 19.2. The average molecular weight is 333 g/mol. The van der Waals surface area contributed by atoms with Gasteiger partial charge in [-0.1, -0.05) is 36.4 Å². The molecule has 1 saturated heterocycles. The molecule has 1 aliphatic heterocycles. The number of pyridine rings is 1. The molecule has 128 valence electrons. The fourth-order valence-corrected chi connectivity index (χ4v) is 3.62. The molecule has 0 saturated carbocycles. The van der Waals surface area contributed by atoms with Crippen LogP contribution in [0, 0.1) is 0 Å². The van der Waals surface area contributed by atoms with Crippen molar-refractivity contribution in [2.24, 2.45) is 0 Å². The number of hydrogen-bond acceptors (Lipinski definition) is 4. The Labute approximate surface area is 148 Å². The highest BCUT2D eigenvalue weighted by Gasteiger charge is 2.26. The zero-order valence-corrected chi connectivity index (χ0v) is 14.5. The highest BCUT2D eigenvalue weighted by atomic mass is 16.5. The van der Waals surface area contributed by atoms with Crippen LogP contribution in [0.5, 0.6) is 5.75 Å². The van der Waals surface area contributed by atoms with E-state index >= 15 is 0 Å². The highest BCUT2D eigenvalue weighted by Crippen LogP contribution is 2.31. The van der Waals surface area contributed by atoms with Gasteiger partial charge in [-0.2, -0.15) is 0 Å². The lowest BCUT2D eigenvalue weighted by atomic mass is 10.0. The molecular formula is C21H23N3O. The largest absolute Gasteiger partial charge is 0.496 e. The maximum atomic E-state index is 5.59. The summed E-state index contributed by atoms with van der Waals surface area (Å²) in [4.78, 5) is 7.13. The number of rotatable bonds is 4. The van der Waals surface area contributed by atoms with E-state index in [2.05, 4.69) is 51.6 Å². The maximum Gasteiger partial charge on any atom is 0.123 e. The van der Waals surface area contributed by atoms with Crippen LogP contribution in [0.3, 0.4) is 0 Å². The van der Waals surface area contributed by atoms with Crippen molar-refractivity contribution in [2.45, 2.75) is 12.6 Å². The number of methoxy groups -OCH3 is 1. The Morgan fingerprint density at radius 2 is 2.00 bits per heavy atom. The van der Waals surface area contributed by atoms with E-state index < -0.39 is 0 Å². The number of para-hydroxylation sites is 2. The van der Waals surface area contributed by atoms with Crippen LogP contribution in [-0.2, 0) is 6.54 Å². The zero-order chi connectivity index (χ0) is 17.1. The molecule has 25 heavy (non-hydrogen) atoms. The van der Waals surface area contributed by atoms with Crippen molar-refractivity contribution in [2.75, 3.05) is 26.7 Å². The predicted octanol–water partition coefficient (Wildman–Crippen LogP) is 3.39. The van der Waals surface area contributed by atoms with E-state index in [4.69, 9.17) is 4.74 Å². The van der Waals surface area contributed by atoms with Crippen LogP contribution in [0.2, 0.25) is 0 Å². The van der Waals surface area contributed by atoms with E-state index in [9.17, 15) is 0 Å². The lowest BCUT2D eigenvalue weighted by molar-refractivity contribution is 0.151. The molecule has 1 fully saturated rings.